The lowest BCUT2D eigenvalue weighted by Crippen LogP contribution is -2.21. The number of amidine groups is 2. The van der Waals surface area contributed by atoms with Crippen LogP contribution in [-0.2, 0) is 0 Å². The second kappa shape index (κ2) is 5.75. The third-order valence-corrected chi connectivity index (χ3v) is 3.67. The molecular weight excluding hydrogens is 258 g/mol. The molecule has 0 bridgehead atoms. The molecule has 3 rings (SSSR count). The molecule has 0 amide bonds. The van der Waals surface area contributed by atoms with Crippen LogP contribution in [0.2, 0.25) is 0 Å². The molecule has 0 saturated heterocycles. The average Bonchev–Trinajstić information content (AvgIpc) is 2.55. The van der Waals surface area contributed by atoms with Gasteiger partial charge in [-0.1, -0.05) is 72.9 Å². The highest BCUT2D eigenvalue weighted by atomic mass is 14.9. The zero-order chi connectivity index (χ0) is 14.7. The van der Waals surface area contributed by atoms with Crippen molar-refractivity contribution in [2.75, 3.05) is 0 Å². The summed E-state index contributed by atoms with van der Waals surface area (Å²) >= 11 is 0. The van der Waals surface area contributed by atoms with E-state index in [2.05, 4.69) is 35.4 Å². The van der Waals surface area contributed by atoms with Crippen LogP contribution in [0.15, 0.2) is 83.4 Å². The minimum Gasteiger partial charge on any atom is -0.383 e. The minimum absolute atomic E-state index is 0.184. The Labute approximate surface area is 124 Å². The van der Waals surface area contributed by atoms with Crippen molar-refractivity contribution in [1.82, 2.24) is 0 Å². The number of nitrogens with one attached hydrogen (secondary N) is 1. The summed E-state index contributed by atoms with van der Waals surface area (Å²) in [4.78, 5) is 4.22. The molecule has 0 aromatic heterocycles. The van der Waals surface area contributed by atoms with E-state index in [1.165, 1.54) is 0 Å². The third-order valence-electron chi connectivity index (χ3n) is 3.67. The summed E-state index contributed by atoms with van der Waals surface area (Å²) in [6.07, 6.45) is 14.7. The number of allylic oxidation sites excluding steroid dienone is 6. The first-order valence-corrected chi connectivity index (χ1v) is 6.97. The number of benzene rings is 1. The highest BCUT2D eigenvalue weighted by Gasteiger charge is 2.19. The highest BCUT2D eigenvalue weighted by Crippen LogP contribution is 2.28. The summed E-state index contributed by atoms with van der Waals surface area (Å²) in [5, 5.41) is 8.02. The monoisotopic (exact) mass is 275 g/mol. The Morgan fingerprint density at radius 3 is 2.48 bits per heavy atom. The van der Waals surface area contributed by atoms with Gasteiger partial charge in [0.2, 0.25) is 0 Å². The van der Waals surface area contributed by atoms with E-state index in [1.807, 2.05) is 42.5 Å². The summed E-state index contributed by atoms with van der Waals surface area (Å²) in [5.74, 6) is 1.31. The van der Waals surface area contributed by atoms with Gasteiger partial charge >= 0.3 is 0 Å². The quantitative estimate of drug-likeness (QED) is 0.631. The number of fused-ring (bicyclic) bond motifs is 1. The van der Waals surface area contributed by atoms with Gasteiger partial charge in [-0.25, -0.2) is 4.99 Å². The summed E-state index contributed by atoms with van der Waals surface area (Å²) < 4.78 is 0. The molecule has 21 heavy (non-hydrogen) atoms. The van der Waals surface area contributed by atoms with Gasteiger partial charge < -0.3 is 5.73 Å². The molecule has 0 radical (unpaired) electrons. The fraction of sp³-hybridized carbons (Fsp3) is 0.111. The lowest BCUT2D eigenvalue weighted by atomic mass is 9.83. The molecule has 2 atom stereocenters. The topological polar surface area (TPSA) is 62.2 Å². The van der Waals surface area contributed by atoms with Crippen LogP contribution in [0.3, 0.4) is 0 Å². The SMILES string of the molecule is N=C(N=C(N)C1=CC2C=CC=CC2C=C1)c1ccccc1. The predicted molar refractivity (Wildman–Crippen MR) is 87.4 cm³/mol. The third kappa shape index (κ3) is 2.92. The van der Waals surface area contributed by atoms with E-state index in [-0.39, 0.29) is 5.84 Å². The van der Waals surface area contributed by atoms with E-state index < -0.39 is 0 Å². The minimum atomic E-state index is 0.184. The first-order chi connectivity index (χ1) is 10.2. The number of hydrogen-bond acceptors (Lipinski definition) is 1. The molecule has 0 saturated carbocycles. The molecule has 0 spiro atoms. The van der Waals surface area contributed by atoms with Crippen molar-refractivity contribution in [3.63, 3.8) is 0 Å². The van der Waals surface area contributed by atoms with Gasteiger partial charge in [0.1, 0.15) is 5.84 Å². The molecule has 0 heterocycles. The Hall–Kier alpha value is -2.68. The van der Waals surface area contributed by atoms with Gasteiger partial charge in [-0.2, -0.15) is 0 Å². The summed E-state index contributed by atoms with van der Waals surface area (Å²) in [7, 11) is 0. The molecule has 1 aromatic rings. The van der Waals surface area contributed by atoms with E-state index in [0.717, 1.165) is 11.1 Å². The Morgan fingerprint density at radius 2 is 1.71 bits per heavy atom. The van der Waals surface area contributed by atoms with Gasteiger partial charge in [-0.05, 0) is 0 Å². The van der Waals surface area contributed by atoms with Crippen LogP contribution in [0.1, 0.15) is 5.56 Å². The fourth-order valence-electron chi connectivity index (χ4n) is 2.49. The fourth-order valence-corrected chi connectivity index (χ4v) is 2.49. The molecule has 2 aliphatic rings. The Morgan fingerprint density at radius 1 is 1.00 bits per heavy atom. The second-order valence-electron chi connectivity index (χ2n) is 5.12. The van der Waals surface area contributed by atoms with Gasteiger partial charge in [0, 0.05) is 23.0 Å². The Bertz CT molecular complexity index is 690. The van der Waals surface area contributed by atoms with Crippen molar-refractivity contribution in [2.24, 2.45) is 22.6 Å². The largest absolute Gasteiger partial charge is 0.383 e. The molecule has 2 aliphatic carbocycles. The van der Waals surface area contributed by atoms with E-state index in [0.29, 0.717) is 17.7 Å². The smallest absolute Gasteiger partial charge is 0.154 e. The summed E-state index contributed by atoms with van der Waals surface area (Å²) in [6, 6.07) is 9.40. The number of rotatable bonds is 2. The van der Waals surface area contributed by atoms with E-state index in [9.17, 15) is 0 Å². The number of hydrogen-bond donors (Lipinski definition) is 2. The number of nitrogens with zero attached hydrogens (tertiary/aromatic N) is 1. The van der Waals surface area contributed by atoms with Crippen LogP contribution in [0.25, 0.3) is 0 Å². The maximum atomic E-state index is 8.02. The van der Waals surface area contributed by atoms with Crippen LogP contribution < -0.4 is 5.73 Å². The average molecular weight is 275 g/mol. The molecular formula is C18H17N3. The van der Waals surface area contributed by atoms with Crippen molar-refractivity contribution in [2.45, 2.75) is 0 Å². The van der Waals surface area contributed by atoms with Crippen LogP contribution in [-0.4, -0.2) is 11.7 Å². The molecule has 104 valence electrons. The van der Waals surface area contributed by atoms with Gasteiger partial charge in [0.25, 0.3) is 0 Å². The van der Waals surface area contributed by atoms with E-state index in [1.54, 1.807) is 0 Å². The molecule has 0 aliphatic heterocycles. The molecule has 3 nitrogen and oxygen atoms in total. The van der Waals surface area contributed by atoms with Crippen molar-refractivity contribution in [1.29, 1.82) is 5.41 Å². The van der Waals surface area contributed by atoms with Crippen LogP contribution in [0.5, 0.6) is 0 Å². The van der Waals surface area contributed by atoms with E-state index >= 15 is 0 Å². The van der Waals surface area contributed by atoms with Crippen molar-refractivity contribution >= 4 is 11.7 Å². The maximum Gasteiger partial charge on any atom is 0.154 e. The van der Waals surface area contributed by atoms with E-state index in [4.69, 9.17) is 11.1 Å². The van der Waals surface area contributed by atoms with Gasteiger partial charge in [0.05, 0.1) is 0 Å². The Balaban J connectivity index is 1.81. The summed E-state index contributed by atoms with van der Waals surface area (Å²) in [5.41, 5.74) is 7.71. The Kier molecular flexibility index (Phi) is 3.65. The lowest BCUT2D eigenvalue weighted by Gasteiger charge is -2.22. The maximum absolute atomic E-state index is 8.02. The number of aliphatic imine (C=N–C) groups is 1. The standard InChI is InChI=1S/C18H17N3/c19-17(14-7-2-1-3-8-14)21-18(20)16-11-10-13-6-4-5-9-15(13)12-16/h1-13,15H,(H3,19,20,21). The first kappa shape index (κ1) is 13.3. The summed E-state index contributed by atoms with van der Waals surface area (Å²) in [6.45, 7) is 0. The van der Waals surface area contributed by atoms with Crippen molar-refractivity contribution in [3.8, 4) is 0 Å². The van der Waals surface area contributed by atoms with Gasteiger partial charge in [-0.3, -0.25) is 5.41 Å². The zero-order valence-corrected chi connectivity index (χ0v) is 11.6. The molecule has 3 N–H and O–H groups in total. The first-order valence-electron chi connectivity index (χ1n) is 6.97. The van der Waals surface area contributed by atoms with Crippen molar-refractivity contribution < 1.29 is 0 Å². The lowest BCUT2D eigenvalue weighted by molar-refractivity contribution is 0.657. The zero-order valence-electron chi connectivity index (χ0n) is 11.6. The second-order valence-corrected chi connectivity index (χ2v) is 5.12. The molecule has 0 fully saturated rings. The van der Waals surface area contributed by atoms with Crippen LogP contribution >= 0.6 is 0 Å². The molecule has 1 aromatic carbocycles. The number of nitrogens with two attached hydrogens (primary N) is 1. The van der Waals surface area contributed by atoms with Gasteiger partial charge in [0.15, 0.2) is 5.84 Å². The van der Waals surface area contributed by atoms with Crippen molar-refractivity contribution in [3.05, 3.63) is 84.0 Å². The highest BCUT2D eigenvalue weighted by molar-refractivity contribution is 6.10. The predicted octanol–water partition coefficient (Wildman–Crippen LogP) is 3.22. The van der Waals surface area contributed by atoms with Gasteiger partial charge in [-0.15, -0.1) is 0 Å². The molecule has 3 heteroatoms. The normalized spacial score (nSPS) is 23.6. The molecule has 2 unspecified atom stereocenters. The van der Waals surface area contributed by atoms with Crippen LogP contribution in [0.4, 0.5) is 0 Å². The van der Waals surface area contributed by atoms with Crippen LogP contribution in [0, 0.1) is 17.2 Å².